The third-order valence-corrected chi connectivity index (χ3v) is 5.27. The maximum absolute atomic E-state index is 12.0. The van der Waals surface area contributed by atoms with Gasteiger partial charge in [-0.25, -0.2) is 14.7 Å². The topological polar surface area (TPSA) is 85.8 Å². The molecule has 0 aliphatic rings. The number of aryl methyl sites for hydroxylation is 2. The van der Waals surface area contributed by atoms with E-state index in [1.54, 1.807) is 15.2 Å². The van der Waals surface area contributed by atoms with Gasteiger partial charge in [0, 0.05) is 18.8 Å². The lowest BCUT2D eigenvalue weighted by molar-refractivity contribution is 0.514. The minimum Gasteiger partial charge on any atom is -0.408 e. The van der Waals surface area contributed by atoms with Crippen molar-refractivity contribution < 1.29 is 4.42 Å². The quantitative estimate of drug-likeness (QED) is 0.497. The molecule has 138 valence electrons. The summed E-state index contributed by atoms with van der Waals surface area (Å²) in [4.78, 5) is 24.1. The summed E-state index contributed by atoms with van der Waals surface area (Å²) >= 11 is 1.44. The number of fused-ring (bicyclic) bond motifs is 1. The van der Waals surface area contributed by atoms with E-state index < -0.39 is 0 Å². The minimum atomic E-state index is -0.375. The molecular formula is C19H18N4O3S. The average molecular weight is 382 g/mol. The van der Waals surface area contributed by atoms with E-state index in [4.69, 9.17) is 4.42 Å². The molecule has 0 radical (unpaired) electrons. The maximum Gasteiger partial charge on any atom is 0.419 e. The molecule has 0 saturated carbocycles. The summed E-state index contributed by atoms with van der Waals surface area (Å²) in [6.07, 6.45) is 0.750. The van der Waals surface area contributed by atoms with Crippen LogP contribution in [0.4, 0.5) is 0 Å². The third-order valence-electron chi connectivity index (χ3n) is 4.31. The van der Waals surface area contributed by atoms with Gasteiger partial charge in [-0.2, -0.15) is 0 Å². The number of hydrogen-bond acceptors (Lipinski definition) is 5. The molecule has 27 heavy (non-hydrogen) atoms. The van der Waals surface area contributed by atoms with Crippen molar-refractivity contribution in [2.45, 2.75) is 24.7 Å². The Hall–Kier alpha value is -3.00. The fourth-order valence-electron chi connectivity index (χ4n) is 2.95. The first-order chi connectivity index (χ1) is 13.2. The van der Waals surface area contributed by atoms with Crippen molar-refractivity contribution in [1.82, 2.24) is 19.3 Å². The van der Waals surface area contributed by atoms with E-state index in [2.05, 4.69) is 10.2 Å². The van der Waals surface area contributed by atoms with Crippen LogP contribution >= 0.6 is 11.8 Å². The van der Waals surface area contributed by atoms with Crippen LogP contribution in [0.25, 0.3) is 11.1 Å². The van der Waals surface area contributed by atoms with E-state index in [9.17, 15) is 9.59 Å². The first kappa shape index (κ1) is 17.4. The molecule has 0 saturated heterocycles. The number of aromatic nitrogens is 4. The first-order valence-electron chi connectivity index (χ1n) is 8.62. The molecule has 0 aliphatic heterocycles. The van der Waals surface area contributed by atoms with E-state index >= 15 is 0 Å². The second kappa shape index (κ2) is 7.71. The second-order valence-corrected chi connectivity index (χ2v) is 7.10. The summed E-state index contributed by atoms with van der Waals surface area (Å²) < 4.78 is 8.47. The van der Waals surface area contributed by atoms with E-state index in [1.807, 2.05) is 48.5 Å². The van der Waals surface area contributed by atoms with Crippen LogP contribution in [0.1, 0.15) is 5.56 Å². The Morgan fingerprint density at radius 1 is 0.963 bits per heavy atom. The zero-order chi connectivity index (χ0) is 18.6. The van der Waals surface area contributed by atoms with E-state index in [0.717, 1.165) is 17.5 Å². The smallest absolute Gasteiger partial charge is 0.408 e. The zero-order valence-corrected chi connectivity index (χ0v) is 15.3. The number of rotatable bonds is 7. The van der Waals surface area contributed by atoms with Crippen LogP contribution in [0.2, 0.25) is 0 Å². The number of nitrogens with zero attached hydrogens (tertiary/aromatic N) is 3. The van der Waals surface area contributed by atoms with Crippen LogP contribution in [0.5, 0.6) is 0 Å². The normalized spacial score (nSPS) is 11.3. The summed E-state index contributed by atoms with van der Waals surface area (Å²) in [6, 6.07) is 17.3. The van der Waals surface area contributed by atoms with Crippen LogP contribution in [0.3, 0.4) is 0 Å². The molecule has 7 nitrogen and oxygen atoms in total. The van der Waals surface area contributed by atoms with Gasteiger partial charge in [0.1, 0.15) is 0 Å². The highest BCUT2D eigenvalue weighted by molar-refractivity contribution is 7.99. The molecule has 0 amide bonds. The van der Waals surface area contributed by atoms with E-state index in [-0.39, 0.29) is 11.4 Å². The Bertz CT molecular complexity index is 1160. The van der Waals surface area contributed by atoms with Gasteiger partial charge in [0.25, 0.3) is 0 Å². The number of aromatic amines is 1. The van der Waals surface area contributed by atoms with Gasteiger partial charge in [0.05, 0.1) is 5.52 Å². The lowest BCUT2D eigenvalue weighted by Crippen LogP contribution is -2.19. The lowest BCUT2D eigenvalue weighted by Gasteiger charge is -2.06. The van der Waals surface area contributed by atoms with Crippen molar-refractivity contribution >= 4 is 22.9 Å². The van der Waals surface area contributed by atoms with Crippen LogP contribution in [0, 0.1) is 0 Å². The predicted molar refractivity (Wildman–Crippen MR) is 104 cm³/mol. The summed E-state index contributed by atoms with van der Waals surface area (Å²) in [5.41, 5.74) is 2.29. The number of hydrogen-bond donors (Lipinski definition) is 1. The highest BCUT2D eigenvalue weighted by Crippen LogP contribution is 2.16. The van der Waals surface area contributed by atoms with Gasteiger partial charge in [-0.05, 0) is 24.1 Å². The Kier molecular flexibility index (Phi) is 4.97. The molecule has 0 spiro atoms. The molecule has 2 heterocycles. The summed E-state index contributed by atoms with van der Waals surface area (Å²) in [5, 5.41) is 7.24. The molecule has 0 aliphatic carbocycles. The average Bonchev–Trinajstić information content (AvgIpc) is 3.20. The van der Waals surface area contributed by atoms with E-state index in [0.29, 0.717) is 29.6 Å². The van der Waals surface area contributed by atoms with Gasteiger partial charge in [-0.15, -0.1) is 5.10 Å². The molecule has 0 fully saturated rings. The Morgan fingerprint density at radius 3 is 2.59 bits per heavy atom. The SMILES string of the molecule is O=c1[nH]nc(SCCn2c(=O)oc3ccccc32)n1CCc1ccccc1. The van der Waals surface area contributed by atoms with Crippen molar-refractivity contribution in [3.63, 3.8) is 0 Å². The molecule has 2 aromatic carbocycles. The molecular weight excluding hydrogens is 364 g/mol. The highest BCUT2D eigenvalue weighted by atomic mass is 32.2. The van der Waals surface area contributed by atoms with Crippen molar-refractivity contribution in [3.8, 4) is 0 Å². The van der Waals surface area contributed by atoms with Gasteiger partial charge in [-0.3, -0.25) is 9.13 Å². The number of benzene rings is 2. The van der Waals surface area contributed by atoms with Crippen LogP contribution in [-0.4, -0.2) is 25.1 Å². The number of nitrogens with one attached hydrogen (secondary N) is 1. The number of thioether (sulfide) groups is 1. The highest BCUT2D eigenvalue weighted by Gasteiger charge is 2.11. The summed E-state index contributed by atoms with van der Waals surface area (Å²) in [7, 11) is 0. The van der Waals surface area contributed by atoms with Gasteiger partial charge in [-0.1, -0.05) is 54.2 Å². The molecule has 4 aromatic rings. The van der Waals surface area contributed by atoms with Crippen molar-refractivity contribution in [2.24, 2.45) is 0 Å². The van der Waals surface area contributed by atoms with Crippen molar-refractivity contribution in [3.05, 3.63) is 81.2 Å². The first-order valence-corrected chi connectivity index (χ1v) is 9.61. The molecule has 8 heteroatoms. The van der Waals surface area contributed by atoms with Crippen molar-refractivity contribution in [2.75, 3.05) is 5.75 Å². The Morgan fingerprint density at radius 2 is 1.74 bits per heavy atom. The molecule has 1 N–H and O–H groups in total. The molecule has 0 atom stereocenters. The van der Waals surface area contributed by atoms with Gasteiger partial charge in [0.15, 0.2) is 10.7 Å². The minimum absolute atomic E-state index is 0.223. The third kappa shape index (κ3) is 3.75. The Balaban J connectivity index is 1.43. The van der Waals surface area contributed by atoms with Crippen molar-refractivity contribution in [1.29, 1.82) is 0 Å². The monoisotopic (exact) mass is 382 g/mol. The predicted octanol–water partition coefficient (Wildman–Crippen LogP) is 2.51. The second-order valence-electron chi connectivity index (χ2n) is 6.03. The van der Waals surface area contributed by atoms with Gasteiger partial charge >= 0.3 is 11.4 Å². The standard InChI is InChI=1S/C19H18N4O3S/c24-17-20-21-18(23(17)11-10-14-6-2-1-3-7-14)27-13-12-22-15-8-4-5-9-16(15)26-19(22)25/h1-9H,10-13H2,(H,20,24). The maximum atomic E-state index is 12.0. The zero-order valence-electron chi connectivity index (χ0n) is 14.5. The summed E-state index contributed by atoms with van der Waals surface area (Å²) in [5.74, 6) is 0.222. The fourth-order valence-corrected chi connectivity index (χ4v) is 3.85. The fraction of sp³-hybridized carbons (Fsp3) is 0.211. The van der Waals surface area contributed by atoms with Crippen LogP contribution < -0.4 is 11.4 Å². The van der Waals surface area contributed by atoms with Gasteiger partial charge < -0.3 is 4.42 Å². The Labute approximate surface area is 158 Å². The van der Waals surface area contributed by atoms with Crippen LogP contribution in [0.15, 0.2) is 73.8 Å². The summed E-state index contributed by atoms with van der Waals surface area (Å²) in [6.45, 7) is 1.02. The van der Waals surface area contributed by atoms with Crippen LogP contribution in [-0.2, 0) is 19.5 Å². The molecule has 2 aromatic heterocycles. The van der Waals surface area contributed by atoms with Gasteiger partial charge in [0.2, 0.25) is 0 Å². The molecule has 0 bridgehead atoms. The van der Waals surface area contributed by atoms with E-state index in [1.165, 1.54) is 11.8 Å². The number of H-pyrrole nitrogens is 1. The molecule has 4 rings (SSSR count). The largest absolute Gasteiger partial charge is 0.419 e. The molecule has 0 unspecified atom stereocenters. The number of oxazole rings is 1. The number of para-hydroxylation sites is 2. The lowest BCUT2D eigenvalue weighted by atomic mass is 10.1.